The van der Waals surface area contributed by atoms with E-state index in [0.29, 0.717) is 45.5 Å². The summed E-state index contributed by atoms with van der Waals surface area (Å²) in [7, 11) is 0. The van der Waals surface area contributed by atoms with Crippen molar-refractivity contribution in [1.29, 1.82) is 0 Å². The third-order valence-electron chi connectivity index (χ3n) is 3.06. The van der Waals surface area contributed by atoms with Gasteiger partial charge in [-0.3, -0.25) is 14.4 Å². The fourth-order valence-corrected chi connectivity index (χ4v) is 2.11. The van der Waals surface area contributed by atoms with E-state index in [2.05, 4.69) is 5.32 Å². The normalized spacial score (nSPS) is 18.6. The van der Waals surface area contributed by atoms with E-state index in [4.69, 9.17) is 9.84 Å². The number of carboxylic acid groups (broad SMARTS) is 1. The zero-order valence-corrected chi connectivity index (χ0v) is 11.8. The topological polar surface area (TPSA) is 95.9 Å². The number of hydrogen-bond acceptors (Lipinski definition) is 4. The van der Waals surface area contributed by atoms with Gasteiger partial charge in [-0.1, -0.05) is 0 Å². The van der Waals surface area contributed by atoms with Gasteiger partial charge in [-0.15, -0.1) is 0 Å². The molecule has 114 valence electrons. The number of aliphatic carboxylic acids is 1. The molecular formula is C13H22N2O5. The van der Waals surface area contributed by atoms with Crippen molar-refractivity contribution in [3.05, 3.63) is 0 Å². The van der Waals surface area contributed by atoms with Crippen LogP contribution < -0.4 is 5.32 Å². The molecule has 20 heavy (non-hydrogen) atoms. The Balaban J connectivity index is 2.28. The number of ether oxygens (including phenoxy) is 1. The first-order valence-corrected chi connectivity index (χ1v) is 6.90. The lowest BCUT2D eigenvalue weighted by Gasteiger charge is -2.32. The molecule has 1 heterocycles. The van der Waals surface area contributed by atoms with Crippen molar-refractivity contribution >= 4 is 17.8 Å². The predicted octanol–water partition coefficient (Wildman–Crippen LogP) is -0.00510. The zero-order chi connectivity index (χ0) is 15.0. The van der Waals surface area contributed by atoms with Crippen molar-refractivity contribution in [1.82, 2.24) is 10.2 Å². The van der Waals surface area contributed by atoms with Gasteiger partial charge in [0, 0.05) is 32.5 Å². The Hall–Kier alpha value is -1.63. The molecule has 1 atom stereocenters. The smallest absolute Gasteiger partial charge is 0.306 e. The summed E-state index contributed by atoms with van der Waals surface area (Å²) in [5, 5.41) is 11.4. The standard InChI is InChI=1S/C13H22N2O5/c1-2-14-11(16)4-3-5-12(17)15-6-7-20-10(9-15)8-13(18)19/h10H,2-9H2,1H3,(H,14,16)(H,18,19). The van der Waals surface area contributed by atoms with Crippen LogP contribution in [0, 0.1) is 0 Å². The Bertz CT molecular complexity index is 359. The lowest BCUT2D eigenvalue weighted by molar-refractivity contribution is -0.147. The molecular weight excluding hydrogens is 264 g/mol. The Labute approximate surface area is 118 Å². The highest BCUT2D eigenvalue weighted by Gasteiger charge is 2.25. The number of amides is 2. The van der Waals surface area contributed by atoms with Crippen molar-refractivity contribution in [3.63, 3.8) is 0 Å². The fraction of sp³-hybridized carbons (Fsp3) is 0.769. The quantitative estimate of drug-likeness (QED) is 0.686. The van der Waals surface area contributed by atoms with Gasteiger partial charge in [0.15, 0.2) is 0 Å². The van der Waals surface area contributed by atoms with Crippen LogP contribution in [0.2, 0.25) is 0 Å². The maximum absolute atomic E-state index is 12.0. The Morgan fingerprint density at radius 1 is 1.35 bits per heavy atom. The van der Waals surface area contributed by atoms with Crippen LogP contribution in [0.3, 0.4) is 0 Å². The molecule has 1 saturated heterocycles. The van der Waals surface area contributed by atoms with Crippen molar-refractivity contribution in [2.24, 2.45) is 0 Å². The number of nitrogens with zero attached hydrogens (tertiary/aromatic N) is 1. The molecule has 1 fully saturated rings. The third kappa shape index (κ3) is 6.01. The second-order valence-corrected chi connectivity index (χ2v) is 4.74. The molecule has 0 aliphatic carbocycles. The van der Waals surface area contributed by atoms with Crippen LogP contribution in [0.1, 0.15) is 32.6 Å². The Kier molecular flexibility index (Phi) is 7.00. The third-order valence-corrected chi connectivity index (χ3v) is 3.06. The molecule has 1 aliphatic rings. The van der Waals surface area contributed by atoms with Gasteiger partial charge < -0.3 is 20.1 Å². The molecule has 7 heteroatoms. The average Bonchev–Trinajstić information content (AvgIpc) is 2.38. The monoisotopic (exact) mass is 286 g/mol. The van der Waals surface area contributed by atoms with Crippen LogP contribution in [0.4, 0.5) is 0 Å². The minimum atomic E-state index is -0.930. The van der Waals surface area contributed by atoms with Gasteiger partial charge in [-0.05, 0) is 13.3 Å². The van der Waals surface area contributed by atoms with E-state index in [-0.39, 0.29) is 18.2 Å². The van der Waals surface area contributed by atoms with E-state index in [0.717, 1.165) is 0 Å². The van der Waals surface area contributed by atoms with Crippen molar-refractivity contribution in [2.45, 2.75) is 38.7 Å². The summed E-state index contributed by atoms with van der Waals surface area (Å²) in [5.74, 6) is -1.03. The minimum Gasteiger partial charge on any atom is -0.481 e. The first kappa shape index (κ1) is 16.4. The number of morpholine rings is 1. The van der Waals surface area contributed by atoms with E-state index in [1.807, 2.05) is 6.92 Å². The first-order valence-electron chi connectivity index (χ1n) is 6.90. The lowest BCUT2D eigenvalue weighted by Crippen LogP contribution is -2.46. The molecule has 0 aromatic carbocycles. The van der Waals surface area contributed by atoms with Crippen molar-refractivity contribution in [2.75, 3.05) is 26.2 Å². The maximum atomic E-state index is 12.0. The molecule has 1 aliphatic heterocycles. The zero-order valence-electron chi connectivity index (χ0n) is 11.8. The molecule has 0 bridgehead atoms. The highest BCUT2D eigenvalue weighted by Crippen LogP contribution is 2.11. The van der Waals surface area contributed by atoms with Crippen LogP contribution in [0.5, 0.6) is 0 Å². The molecule has 0 aromatic rings. The van der Waals surface area contributed by atoms with E-state index >= 15 is 0 Å². The van der Waals surface area contributed by atoms with Gasteiger partial charge in [0.25, 0.3) is 0 Å². The predicted molar refractivity (Wildman–Crippen MR) is 71.1 cm³/mol. The van der Waals surface area contributed by atoms with Gasteiger partial charge in [0.1, 0.15) is 0 Å². The summed E-state index contributed by atoms with van der Waals surface area (Å²) in [4.78, 5) is 35.5. The van der Waals surface area contributed by atoms with Crippen LogP contribution in [-0.2, 0) is 19.1 Å². The van der Waals surface area contributed by atoms with Gasteiger partial charge in [-0.25, -0.2) is 0 Å². The molecule has 2 amide bonds. The largest absolute Gasteiger partial charge is 0.481 e. The van der Waals surface area contributed by atoms with Gasteiger partial charge in [0.05, 0.1) is 19.1 Å². The molecule has 7 nitrogen and oxygen atoms in total. The summed E-state index contributed by atoms with van der Waals surface area (Å²) < 4.78 is 5.30. The van der Waals surface area contributed by atoms with Gasteiger partial charge in [-0.2, -0.15) is 0 Å². The molecule has 2 N–H and O–H groups in total. The molecule has 0 radical (unpaired) electrons. The highest BCUT2D eigenvalue weighted by atomic mass is 16.5. The van der Waals surface area contributed by atoms with E-state index in [9.17, 15) is 14.4 Å². The minimum absolute atomic E-state index is 0.0482. The second-order valence-electron chi connectivity index (χ2n) is 4.74. The molecule has 0 spiro atoms. The summed E-state index contributed by atoms with van der Waals surface area (Å²) in [6.07, 6.45) is 0.613. The van der Waals surface area contributed by atoms with Crippen molar-refractivity contribution in [3.8, 4) is 0 Å². The highest BCUT2D eigenvalue weighted by molar-refractivity contribution is 5.79. The van der Waals surface area contributed by atoms with E-state index in [1.54, 1.807) is 4.90 Å². The lowest BCUT2D eigenvalue weighted by atomic mass is 10.1. The average molecular weight is 286 g/mol. The Morgan fingerprint density at radius 2 is 2.10 bits per heavy atom. The van der Waals surface area contributed by atoms with Crippen LogP contribution in [0.15, 0.2) is 0 Å². The molecule has 1 rings (SSSR count). The Morgan fingerprint density at radius 3 is 2.75 bits per heavy atom. The summed E-state index contributed by atoms with van der Waals surface area (Å²) in [6, 6.07) is 0. The van der Waals surface area contributed by atoms with E-state index in [1.165, 1.54) is 0 Å². The van der Waals surface area contributed by atoms with Gasteiger partial charge >= 0.3 is 5.97 Å². The number of hydrogen-bond donors (Lipinski definition) is 2. The summed E-state index contributed by atoms with van der Waals surface area (Å²) in [5.41, 5.74) is 0. The first-order chi connectivity index (χ1) is 9.52. The number of rotatable bonds is 7. The van der Waals surface area contributed by atoms with E-state index < -0.39 is 12.1 Å². The second kappa shape index (κ2) is 8.52. The van der Waals surface area contributed by atoms with Gasteiger partial charge in [0.2, 0.25) is 11.8 Å². The summed E-state index contributed by atoms with van der Waals surface area (Å²) >= 11 is 0. The molecule has 0 aromatic heterocycles. The summed E-state index contributed by atoms with van der Waals surface area (Å²) in [6.45, 7) is 3.59. The number of nitrogens with one attached hydrogen (secondary N) is 1. The SMILES string of the molecule is CCNC(=O)CCCC(=O)N1CCOC(CC(=O)O)C1. The number of carbonyl (C=O) groups is 3. The molecule has 1 unspecified atom stereocenters. The maximum Gasteiger partial charge on any atom is 0.306 e. The van der Waals surface area contributed by atoms with Crippen LogP contribution >= 0.6 is 0 Å². The number of carboxylic acids is 1. The fourth-order valence-electron chi connectivity index (χ4n) is 2.11. The van der Waals surface area contributed by atoms with Crippen LogP contribution in [-0.4, -0.2) is 60.1 Å². The molecule has 0 saturated carbocycles. The van der Waals surface area contributed by atoms with Crippen molar-refractivity contribution < 1.29 is 24.2 Å². The number of carbonyl (C=O) groups excluding carboxylic acids is 2. The van der Waals surface area contributed by atoms with Crippen LogP contribution in [0.25, 0.3) is 0 Å².